The number of benzene rings is 2. The molecule has 0 radical (unpaired) electrons. The SMILES string of the molecule is CCOC(=O)C1=c2/c(=C/c3ccc(OC)cc3)c(N)c(C(=O)OCC)n2C(=O)C(c2ccc(OC)cc2)S1. The molecule has 3 aromatic rings. The van der Waals surface area contributed by atoms with Gasteiger partial charge in [-0.05, 0) is 55.3 Å². The highest BCUT2D eigenvalue weighted by Gasteiger charge is 2.38. The molecule has 1 aliphatic rings. The van der Waals surface area contributed by atoms with Crippen LogP contribution in [0.1, 0.15) is 45.5 Å². The zero-order valence-corrected chi connectivity index (χ0v) is 22.3. The Morgan fingerprint density at radius 1 is 0.921 bits per heavy atom. The Kier molecular flexibility index (Phi) is 8.11. The number of anilines is 1. The van der Waals surface area contributed by atoms with Gasteiger partial charge in [-0.1, -0.05) is 36.0 Å². The minimum Gasteiger partial charge on any atom is -0.497 e. The Labute approximate surface area is 223 Å². The highest BCUT2D eigenvalue weighted by molar-refractivity contribution is 8.10. The van der Waals surface area contributed by atoms with Gasteiger partial charge in [-0.15, -0.1) is 0 Å². The van der Waals surface area contributed by atoms with Crippen molar-refractivity contribution in [3.63, 3.8) is 0 Å². The van der Waals surface area contributed by atoms with E-state index in [0.717, 1.165) is 17.3 Å². The number of hydrogen-bond acceptors (Lipinski definition) is 9. The van der Waals surface area contributed by atoms with Crippen LogP contribution in [-0.2, 0) is 14.3 Å². The van der Waals surface area contributed by atoms with Crippen molar-refractivity contribution in [3.8, 4) is 11.5 Å². The maximum atomic E-state index is 14.0. The lowest BCUT2D eigenvalue weighted by molar-refractivity contribution is -0.135. The van der Waals surface area contributed by atoms with Gasteiger partial charge in [0.2, 0.25) is 5.91 Å². The molecule has 198 valence electrons. The Bertz CT molecular complexity index is 1490. The summed E-state index contributed by atoms with van der Waals surface area (Å²) in [6, 6.07) is 14.1. The molecule has 2 heterocycles. The fourth-order valence-corrected chi connectivity index (χ4v) is 5.34. The van der Waals surface area contributed by atoms with Crippen LogP contribution in [0.5, 0.6) is 11.5 Å². The quantitative estimate of drug-likeness (QED) is 0.434. The predicted octanol–water partition coefficient (Wildman–Crippen LogP) is 2.89. The van der Waals surface area contributed by atoms with E-state index in [1.165, 1.54) is 4.57 Å². The van der Waals surface area contributed by atoms with Crippen molar-refractivity contribution in [2.45, 2.75) is 19.1 Å². The molecule has 9 nitrogen and oxygen atoms in total. The molecular formula is C28H28N2O7S. The molecule has 0 spiro atoms. The van der Waals surface area contributed by atoms with Gasteiger partial charge in [-0.3, -0.25) is 9.36 Å². The summed E-state index contributed by atoms with van der Waals surface area (Å²) in [6.45, 7) is 3.56. The van der Waals surface area contributed by atoms with Crippen LogP contribution < -0.4 is 25.8 Å². The van der Waals surface area contributed by atoms with Crippen LogP contribution >= 0.6 is 11.8 Å². The second-order valence-electron chi connectivity index (χ2n) is 8.16. The summed E-state index contributed by atoms with van der Waals surface area (Å²) in [5, 5.41) is -0.309. The van der Waals surface area contributed by atoms with Gasteiger partial charge in [-0.2, -0.15) is 0 Å². The molecule has 0 saturated heterocycles. The van der Waals surface area contributed by atoms with Crippen LogP contribution in [0, 0.1) is 0 Å². The second-order valence-corrected chi connectivity index (χ2v) is 9.27. The number of thioether (sulfide) groups is 1. The summed E-state index contributed by atoms with van der Waals surface area (Å²) >= 11 is 1.06. The lowest BCUT2D eigenvalue weighted by Crippen LogP contribution is -2.42. The van der Waals surface area contributed by atoms with E-state index in [2.05, 4.69) is 0 Å². The monoisotopic (exact) mass is 536 g/mol. The molecule has 0 aliphatic carbocycles. The number of carbonyl (C=O) groups excluding carboxylic acids is 3. The third kappa shape index (κ3) is 4.99. The van der Waals surface area contributed by atoms with Crippen LogP contribution in [0.4, 0.5) is 5.69 Å². The number of nitrogens with zero attached hydrogens (tertiary/aromatic N) is 1. The minimum absolute atomic E-state index is 0.0281. The first-order valence-corrected chi connectivity index (χ1v) is 12.8. The van der Waals surface area contributed by atoms with Gasteiger partial charge in [-0.25, -0.2) is 9.59 Å². The van der Waals surface area contributed by atoms with Crippen molar-refractivity contribution in [2.75, 3.05) is 33.2 Å². The van der Waals surface area contributed by atoms with Gasteiger partial charge < -0.3 is 24.7 Å². The first kappa shape index (κ1) is 26.9. The standard InChI is InChI=1S/C28H28N2O7S/c1-5-36-27(32)23-21(29)20(15-16-7-11-18(34-3)12-8-16)22-25(28(33)37-6-2)38-24(26(31)30(22)23)17-9-13-19(35-4)14-10-17/h7-15,24H,5-6,29H2,1-4H3/b20-15+. The predicted molar refractivity (Wildman–Crippen MR) is 145 cm³/mol. The molecule has 2 aromatic carbocycles. The number of methoxy groups -OCH3 is 2. The first-order chi connectivity index (χ1) is 18.3. The molecule has 1 aromatic heterocycles. The minimum atomic E-state index is -0.846. The van der Waals surface area contributed by atoms with Crippen LogP contribution in [-0.4, -0.2) is 49.8 Å². The Hall–Kier alpha value is -4.18. The maximum absolute atomic E-state index is 14.0. The van der Waals surface area contributed by atoms with Crippen LogP contribution in [0.15, 0.2) is 48.5 Å². The van der Waals surface area contributed by atoms with E-state index in [-0.39, 0.29) is 34.8 Å². The van der Waals surface area contributed by atoms with Crippen molar-refractivity contribution in [2.24, 2.45) is 0 Å². The van der Waals surface area contributed by atoms with Crippen molar-refractivity contribution in [1.29, 1.82) is 0 Å². The summed E-state index contributed by atoms with van der Waals surface area (Å²) < 4.78 is 22.3. The van der Waals surface area contributed by atoms with Crippen molar-refractivity contribution >= 4 is 46.3 Å². The number of ether oxygens (including phenoxy) is 4. The molecule has 1 unspecified atom stereocenters. The van der Waals surface area contributed by atoms with Crippen molar-refractivity contribution in [3.05, 3.63) is 75.9 Å². The number of aromatic nitrogens is 1. The molecule has 0 amide bonds. The Morgan fingerprint density at radius 2 is 1.47 bits per heavy atom. The number of fused-ring (bicyclic) bond motifs is 1. The lowest BCUT2D eigenvalue weighted by Gasteiger charge is -2.23. The molecule has 0 saturated carbocycles. The van der Waals surface area contributed by atoms with E-state index in [1.54, 1.807) is 82.7 Å². The summed E-state index contributed by atoms with van der Waals surface area (Å²) in [7, 11) is 3.11. The summed E-state index contributed by atoms with van der Waals surface area (Å²) in [6.07, 6.45) is 1.71. The number of rotatable bonds is 8. The molecule has 2 N–H and O–H groups in total. The number of nitrogen functional groups attached to an aromatic ring is 1. The fourth-order valence-electron chi connectivity index (χ4n) is 4.14. The molecule has 4 rings (SSSR count). The molecule has 38 heavy (non-hydrogen) atoms. The largest absolute Gasteiger partial charge is 0.497 e. The van der Waals surface area contributed by atoms with E-state index >= 15 is 0 Å². The molecular weight excluding hydrogens is 508 g/mol. The van der Waals surface area contributed by atoms with E-state index < -0.39 is 23.1 Å². The van der Waals surface area contributed by atoms with Gasteiger partial charge in [0.25, 0.3) is 0 Å². The van der Waals surface area contributed by atoms with E-state index in [1.807, 2.05) is 0 Å². The summed E-state index contributed by atoms with van der Waals surface area (Å²) in [5.41, 5.74) is 7.76. The highest BCUT2D eigenvalue weighted by Crippen LogP contribution is 2.40. The Morgan fingerprint density at radius 3 is 2.03 bits per heavy atom. The Balaban J connectivity index is 2.04. The lowest BCUT2D eigenvalue weighted by atomic mass is 10.1. The van der Waals surface area contributed by atoms with Crippen LogP contribution in [0.25, 0.3) is 11.0 Å². The van der Waals surface area contributed by atoms with Crippen LogP contribution in [0.3, 0.4) is 0 Å². The van der Waals surface area contributed by atoms with Gasteiger partial charge >= 0.3 is 11.9 Å². The molecule has 10 heteroatoms. The number of nitrogens with two attached hydrogens (primary N) is 1. The van der Waals surface area contributed by atoms with Crippen LogP contribution in [0.2, 0.25) is 0 Å². The summed E-state index contributed by atoms with van der Waals surface area (Å²) in [4.78, 5) is 40.5. The molecule has 0 bridgehead atoms. The molecule has 0 fully saturated rings. The smallest absolute Gasteiger partial charge is 0.357 e. The van der Waals surface area contributed by atoms with Gasteiger partial charge in [0, 0.05) is 5.22 Å². The number of carbonyl (C=O) groups is 3. The average Bonchev–Trinajstić information content (AvgIpc) is 3.22. The average molecular weight is 537 g/mol. The molecule has 1 atom stereocenters. The van der Waals surface area contributed by atoms with E-state index in [4.69, 9.17) is 24.7 Å². The zero-order valence-electron chi connectivity index (χ0n) is 21.5. The molecule has 1 aliphatic heterocycles. The number of esters is 2. The maximum Gasteiger partial charge on any atom is 0.357 e. The highest BCUT2D eigenvalue weighted by atomic mass is 32.2. The van der Waals surface area contributed by atoms with Crippen molar-refractivity contribution < 1.29 is 33.3 Å². The van der Waals surface area contributed by atoms with Gasteiger partial charge in [0.05, 0.1) is 38.5 Å². The van der Waals surface area contributed by atoms with Gasteiger partial charge in [0.15, 0.2) is 5.69 Å². The summed E-state index contributed by atoms with van der Waals surface area (Å²) in [5.74, 6) is -0.550. The third-order valence-corrected chi connectivity index (χ3v) is 7.22. The van der Waals surface area contributed by atoms with Crippen molar-refractivity contribution in [1.82, 2.24) is 4.57 Å². The third-order valence-electron chi connectivity index (χ3n) is 5.92. The fraction of sp³-hybridized carbons (Fsp3) is 0.250. The van der Waals surface area contributed by atoms with E-state index in [9.17, 15) is 14.4 Å². The van der Waals surface area contributed by atoms with E-state index in [0.29, 0.717) is 22.3 Å². The first-order valence-electron chi connectivity index (χ1n) is 11.9. The number of hydrogen-bond donors (Lipinski definition) is 1. The normalized spacial score (nSPS) is 15.2. The van der Waals surface area contributed by atoms with Gasteiger partial charge in [0.1, 0.15) is 21.7 Å². The second kappa shape index (κ2) is 11.5. The topological polar surface area (TPSA) is 119 Å². The zero-order chi connectivity index (χ0) is 27.4.